The van der Waals surface area contributed by atoms with E-state index in [0.717, 1.165) is 48.0 Å². The molecule has 1 atom stereocenters. The average Bonchev–Trinajstić information content (AvgIpc) is 2.99. The topological polar surface area (TPSA) is 91.0 Å². The maximum absolute atomic E-state index is 12.3. The van der Waals surface area contributed by atoms with Gasteiger partial charge in [-0.25, -0.2) is 5.26 Å². The lowest BCUT2D eigenvalue weighted by Gasteiger charge is -2.30. The molecule has 1 unspecified atom stereocenters. The summed E-state index contributed by atoms with van der Waals surface area (Å²) in [6, 6.07) is 6.06. The Morgan fingerprint density at radius 1 is 1.31 bits per heavy atom. The van der Waals surface area contributed by atoms with Crippen LogP contribution in [-0.4, -0.2) is 41.4 Å². The fraction of sp³-hybridized carbons (Fsp3) is 0.444. The summed E-state index contributed by atoms with van der Waals surface area (Å²) >= 11 is 0. The van der Waals surface area contributed by atoms with Gasteiger partial charge in [-0.05, 0) is 25.1 Å². The second kappa shape index (κ2) is 6.48. The van der Waals surface area contributed by atoms with E-state index in [4.69, 9.17) is 5.26 Å². The van der Waals surface area contributed by atoms with Crippen molar-refractivity contribution in [2.75, 3.05) is 18.0 Å². The van der Waals surface area contributed by atoms with Crippen LogP contribution in [0.2, 0.25) is 12.6 Å². The van der Waals surface area contributed by atoms with Crippen molar-refractivity contribution in [1.29, 1.82) is 5.26 Å². The number of benzene rings is 1. The third-order valence-electron chi connectivity index (χ3n) is 5.46. The number of nitrogens with one attached hydrogen (secondary N) is 1. The number of anilines is 1. The largest absolute Gasteiger partial charge is 0.371 e. The molecular formula is C18H20BN5O2. The lowest BCUT2D eigenvalue weighted by atomic mass is 9.45. The molecule has 2 fully saturated rings. The number of fused-ring (bicyclic) bond motifs is 1. The second-order valence-electron chi connectivity index (χ2n) is 7.08. The van der Waals surface area contributed by atoms with Crippen LogP contribution >= 0.6 is 0 Å². The Labute approximate surface area is 152 Å². The summed E-state index contributed by atoms with van der Waals surface area (Å²) in [5.74, 6) is 1.49. The number of nitriles is 1. The molecule has 2 aliphatic rings. The molecule has 7 nitrogen and oxygen atoms in total. The van der Waals surface area contributed by atoms with Crippen molar-refractivity contribution < 1.29 is 9.59 Å². The SMILES string of the molecule is Cn1nc(C2CCC(=O)NC2=O)c2cccc(N3CCB(C#N)CC3)c21. The molecule has 8 heteroatoms. The molecule has 2 amide bonds. The molecule has 0 spiro atoms. The van der Waals surface area contributed by atoms with E-state index in [1.807, 2.05) is 23.9 Å². The zero-order valence-electron chi connectivity index (χ0n) is 14.7. The zero-order valence-corrected chi connectivity index (χ0v) is 14.7. The highest BCUT2D eigenvalue weighted by molar-refractivity contribution is 6.67. The number of amides is 2. The Kier molecular flexibility index (Phi) is 4.15. The molecule has 26 heavy (non-hydrogen) atoms. The molecule has 1 aromatic carbocycles. The lowest BCUT2D eigenvalue weighted by molar-refractivity contribution is -0.134. The summed E-state index contributed by atoms with van der Waals surface area (Å²) in [6.45, 7) is 1.82. The number of piperidine rings is 1. The quantitative estimate of drug-likeness (QED) is 0.655. The molecule has 1 N–H and O–H groups in total. The third-order valence-corrected chi connectivity index (χ3v) is 5.46. The van der Waals surface area contributed by atoms with Crippen LogP contribution in [0, 0.1) is 11.2 Å². The lowest BCUT2D eigenvalue weighted by Crippen LogP contribution is -2.39. The first-order valence-corrected chi connectivity index (χ1v) is 9.02. The van der Waals surface area contributed by atoms with Crippen molar-refractivity contribution in [3.05, 3.63) is 23.9 Å². The normalized spacial score (nSPS) is 21.0. The van der Waals surface area contributed by atoms with Crippen molar-refractivity contribution in [2.45, 2.75) is 31.4 Å². The Morgan fingerprint density at radius 3 is 2.77 bits per heavy atom. The van der Waals surface area contributed by atoms with Crippen LogP contribution in [0.3, 0.4) is 0 Å². The average molecular weight is 349 g/mol. The van der Waals surface area contributed by atoms with Crippen molar-refractivity contribution in [1.82, 2.24) is 15.1 Å². The molecule has 0 saturated carbocycles. The van der Waals surface area contributed by atoms with Gasteiger partial charge in [0.05, 0.1) is 22.8 Å². The van der Waals surface area contributed by atoms with E-state index in [0.29, 0.717) is 12.8 Å². The Balaban J connectivity index is 1.72. The van der Waals surface area contributed by atoms with Gasteiger partial charge in [0, 0.05) is 37.9 Å². The second-order valence-corrected chi connectivity index (χ2v) is 7.08. The van der Waals surface area contributed by atoms with Crippen LogP contribution in [0.1, 0.15) is 24.5 Å². The molecule has 2 aromatic rings. The minimum atomic E-state index is -0.393. The van der Waals surface area contributed by atoms with Crippen LogP contribution < -0.4 is 10.2 Å². The van der Waals surface area contributed by atoms with Gasteiger partial charge < -0.3 is 4.90 Å². The standard InChI is InChI=1S/C18H20BN5O2/c1-23-17-12(16(22-23)13-5-6-15(25)21-18(13)26)3-2-4-14(17)24-9-7-19(11-20)8-10-24/h2-4,13H,5-10H2,1H3,(H,21,25,26). The molecule has 2 aliphatic heterocycles. The number of para-hydroxylation sites is 1. The molecule has 132 valence electrons. The van der Waals surface area contributed by atoms with Crippen molar-refractivity contribution >= 4 is 35.1 Å². The monoisotopic (exact) mass is 349 g/mol. The van der Waals surface area contributed by atoms with Gasteiger partial charge in [0.25, 0.3) is 6.71 Å². The Morgan fingerprint density at radius 2 is 2.08 bits per heavy atom. The molecule has 2 saturated heterocycles. The van der Waals surface area contributed by atoms with Crippen LogP contribution in [0.4, 0.5) is 5.69 Å². The molecule has 0 bridgehead atoms. The molecule has 3 heterocycles. The zero-order chi connectivity index (χ0) is 18.3. The summed E-state index contributed by atoms with van der Waals surface area (Å²) < 4.78 is 1.83. The van der Waals surface area contributed by atoms with Crippen molar-refractivity contribution in [2.24, 2.45) is 7.05 Å². The van der Waals surface area contributed by atoms with Gasteiger partial charge in [-0.1, -0.05) is 12.1 Å². The van der Waals surface area contributed by atoms with Gasteiger partial charge >= 0.3 is 0 Å². The number of carbonyl (C=O) groups excluding carboxylic acids is 2. The number of hydrogen-bond donors (Lipinski definition) is 1. The molecule has 0 aliphatic carbocycles. The van der Waals surface area contributed by atoms with E-state index in [1.54, 1.807) is 0 Å². The number of nitrogens with zero attached hydrogens (tertiary/aromatic N) is 4. The number of aryl methyl sites for hydroxylation is 1. The highest BCUT2D eigenvalue weighted by Gasteiger charge is 2.32. The van der Waals surface area contributed by atoms with Crippen molar-refractivity contribution in [3.63, 3.8) is 0 Å². The van der Waals surface area contributed by atoms with E-state index >= 15 is 0 Å². The summed E-state index contributed by atoms with van der Waals surface area (Å²) in [6.07, 6.45) is 2.57. The minimum absolute atomic E-state index is 0.135. The van der Waals surface area contributed by atoms with Crippen molar-refractivity contribution in [3.8, 4) is 5.97 Å². The number of rotatable bonds is 2. The third kappa shape index (κ3) is 2.73. The summed E-state index contributed by atoms with van der Waals surface area (Å²) in [5, 5.41) is 17.1. The molecule has 1 aromatic heterocycles. The van der Waals surface area contributed by atoms with Gasteiger partial charge in [-0.3, -0.25) is 19.6 Å². The maximum Gasteiger partial charge on any atom is 0.271 e. The predicted molar refractivity (Wildman–Crippen MR) is 99.0 cm³/mol. The number of imide groups is 1. The minimum Gasteiger partial charge on any atom is -0.371 e. The number of aromatic nitrogens is 2. The van der Waals surface area contributed by atoms with Gasteiger partial charge in [-0.15, -0.1) is 0 Å². The van der Waals surface area contributed by atoms with Gasteiger partial charge in [0.15, 0.2) is 0 Å². The fourth-order valence-electron chi connectivity index (χ4n) is 4.06. The van der Waals surface area contributed by atoms with Gasteiger partial charge in [0.2, 0.25) is 11.8 Å². The van der Waals surface area contributed by atoms with E-state index < -0.39 is 5.92 Å². The van der Waals surface area contributed by atoms with E-state index in [-0.39, 0.29) is 18.5 Å². The predicted octanol–water partition coefficient (Wildman–Crippen LogP) is 1.47. The molecular weight excluding hydrogens is 329 g/mol. The van der Waals surface area contributed by atoms with Crippen LogP contribution in [0.5, 0.6) is 0 Å². The van der Waals surface area contributed by atoms with Gasteiger partial charge in [-0.2, -0.15) is 5.10 Å². The number of hydrogen-bond acceptors (Lipinski definition) is 5. The van der Waals surface area contributed by atoms with E-state index in [2.05, 4.69) is 27.4 Å². The maximum atomic E-state index is 12.3. The smallest absolute Gasteiger partial charge is 0.271 e. The number of carbonyl (C=O) groups is 2. The first-order valence-electron chi connectivity index (χ1n) is 9.02. The van der Waals surface area contributed by atoms with Crippen LogP contribution in [0.25, 0.3) is 10.9 Å². The molecule has 0 radical (unpaired) electrons. The summed E-state index contributed by atoms with van der Waals surface area (Å²) in [5.41, 5.74) is 2.83. The van der Waals surface area contributed by atoms with Gasteiger partial charge in [0.1, 0.15) is 0 Å². The molecule has 4 rings (SSSR count). The fourth-order valence-corrected chi connectivity index (χ4v) is 4.06. The summed E-state index contributed by atoms with van der Waals surface area (Å²) in [4.78, 5) is 26.0. The Hall–Kier alpha value is -2.82. The summed E-state index contributed by atoms with van der Waals surface area (Å²) in [7, 11) is 1.89. The highest BCUT2D eigenvalue weighted by Crippen LogP contribution is 2.35. The van der Waals surface area contributed by atoms with Crippen LogP contribution in [-0.2, 0) is 16.6 Å². The Bertz CT molecular complexity index is 924. The first-order chi connectivity index (χ1) is 12.6. The first kappa shape index (κ1) is 16.6. The van der Waals surface area contributed by atoms with E-state index in [9.17, 15) is 9.59 Å². The van der Waals surface area contributed by atoms with Crippen LogP contribution in [0.15, 0.2) is 18.2 Å². The van der Waals surface area contributed by atoms with E-state index in [1.165, 1.54) is 0 Å². The highest BCUT2D eigenvalue weighted by atomic mass is 16.2.